The van der Waals surface area contributed by atoms with Crippen LogP contribution in [0, 0.1) is 0 Å². The molecule has 4 rings (SSSR count). The highest BCUT2D eigenvalue weighted by Gasteiger charge is 2.37. The number of carboxylic acid groups (broad SMARTS) is 1. The largest absolute Gasteiger partial charge is 0.478 e. The van der Waals surface area contributed by atoms with Gasteiger partial charge in [-0.05, 0) is 57.4 Å². The van der Waals surface area contributed by atoms with Crippen LogP contribution in [0.2, 0.25) is 0 Å². The SMILES string of the molecule is CC(C)(C)OC(=O)[C@@H]1CCCN1C(=O)c1ccc(-c2ccc3c(c2)N=C(N)CC(C(=O)O)=C3)cn1. The van der Waals surface area contributed by atoms with Gasteiger partial charge < -0.3 is 20.5 Å². The Kier molecular flexibility index (Phi) is 6.43. The number of fused-ring (bicyclic) bond motifs is 1. The number of benzene rings is 1. The van der Waals surface area contributed by atoms with Crippen molar-refractivity contribution < 1.29 is 24.2 Å². The number of aliphatic imine (C=N–C) groups is 1. The van der Waals surface area contributed by atoms with Crippen LogP contribution in [0.1, 0.15) is 56.1 Å². The molecule has 2 aromatic rings. The molecule has 1 atom stereocenters. The molecule has 9 nitrogen and oxygen atoms in total. The third kappa shape index (κ3) is 5.40. The number of nitrogens with zero attached hydrogens (tertiary/aromatic N) is 3. The Morgan fingerprint density at radius 2 is 1.89 bits per heavy atom. The molecule has 0 bridgehead atoms. The number of rotatable bonds is 4. The summed E-state index contributed by atoms with van der Waals surface area (Å²) in [5.41, 5.74) is 8.48. The average molecular weight is 477 g/mol. The molecule has 3 N–H and O–H groups in total. The maximum Gasteiger partial charge on any atom is 0.332 e. The van der Waals surface area contributed by atoms with Crippen LogP contribution in [0.5, 0.6) is 0 Å². The molecule has 1 aromatic heterocycles. The van der Waals surface area contributed by atoms with E-state index in [2.05, 4.69) is 9.98 Å². The summed E-state index contributed by atoms with van der Waals surface area (Å²) in [6.07, 6.45) is 4.52. The number of aliphatic carboxylic acids is 1. The minimum absolute atomic E-state index is 0.0680. The van der Waals surface area contributed by atoms with Gasteiger partial charge >= 0.3 is 11.9 Å². The van der Waals surface area contributed by atoms with Crippen molar-refractivity contribution in [2.75, 3.05) is 6.54 Å². The van der Waals surface area contributed by atoms with Crippen molar-refractivity contribution >= 4 is 35.4 Å². The zero-order chi connectivity index (χ0) is 25.3. The van der Waals surface area contributed by atoms with E-state index in [1.807, 2.05) is 6.07 Å². The molecule has 3 heterocycles. The van der Waals surface area contributed by atoms with Gasteiger partial charge in [0.15, 0.2) is 0 Å². The van der Waals surface area contributed by atoms with Crippen molar-refractivity contribution in [2.24, 2.45) is 10.7 Å². The first-order valence-corrected chi connectivity index (χ1v) is 11.4. The Labute approximate surface area is 203 Å². The lowest BCUT2D eigenvalue weighted by atomic mass is 10.0. The quantitative estimate of drug-likeness (QED) is 0.644. The first kappa shape index (κ1) is 24.1. The zero-order valence-electron chi connectivity index (χ0n) is 19.9. The first-order valence-electron chi connectivity index (χ1n) is 11.4. The molecule has 35 heavy (non-hydrogen) atoms. The van der Waals surface area contributed by atoms with Gasteiger partial charge in [0.05, 0.1) is 5.69 Å². The van der Waals surface area contributed by atoms with Gasteiger partial charge in [-0.1, -0.05) is 18.2 Å². The van der Waals surface area contributed by atoms with Crippen LogP contribution in [0.4, 0.5) is 5.69 Å². The number of hydrogen-bond donors (Lipinski definition) is 2. The van der Waals surface area contributed by atoms with E-state index in [-0.39, 0.29) is 29.4 Å². The number of likely N-dealkylation sites (tertiary alicyclic amines) is 1. The topological polar surface area (TPSA) is 135 Å². The molecule has 1 amide bonds. The monoisotopic (exact) mass is 476 g/mol. The average Bonchev–Trinajstić information content (AvgIpc) is 3.21. The Balaban J connectivity index is 1.55. The minimum Gasteiger partial charge on any atom is -0.478 e. The third-order valence-electron chi connectivity index (χ3n) is 5.78. The van der Waals surface area contributed by atoms with Gasteiger partial charge in [-0.15, -0.1) is 0 Å². The highest BCUT2D eigenvalue weighted by molar-refractivity contribution is 6.02. The number of carboxylic acids is 1. The van der Waals surface area contributed by atoms with Gasteiger partial charge in [-0.25, -0.2) is 14.6 Å². The van der Waals surface area contributed by atoms with Crippen LogP contribution in [-0.4, -0.2) is 56.9 Å². The predicted octanol–water partition coefficient (Wildman–Crippen LogP) is 3.56. The Hall–Kier alpha value is -4.01. The van der Waals surface area contributed by atoms with Gasteiger partial charge in [0.1, 0.15) is 23.2 Å². The zero-order valence-corrected chi connectivity index (χ0v) is 19.9. The molecule has 2 aliphatic rings. The number of nitrogens with two attached hydrogens (primary N) is 1. The molecule has 2 aliphatic heterocycles. The summed E-state index contributed by atoms with van der Waals surface area (Å²) in [6, 6.07) is 8.23. The molecular weight excluding hydrogens is 448 g/mol. The number of aromatic nitrogens is 1. The van der Waals surface area contributed by atoms with E-state index in [1.54, 1.807) is 57.3 Å². The van der Waals surface area contributed by atoms with Crippen molar-refractivity contribution in [2.45, 2.75) is 51.7 Å². The lowest BCUT2D eigenvalue weighted by Crippen LogP contribution is -2.43. The lowest BCUT2D eigenvalue weighted by molar-refractivity contribution is -0.159. The van der Waals surface area contributed by atoms with Gasteiger partial charge in [0.2, 0.25) is 0 Å². The molecule has 182 valence electrons. The number of ether oxygens (including phenoxy) is 1. The summed E-state index contributed by atoms with van der Waals surface area (Å²) in [4.78, 5) is 47.3. The number of amides is 1. The van der Waals surface area contributed by atoms with Gasteiger partial charge in [0.25, 0.3) is 5.91 Å². The van der Waals surface area contributed by atoms with E-state index in [1.165, 1.54) is 4.90 Å². The Morgan fingerprint density at radius 1 is 1.14 bits per heavy atom. The van der Waals surface area contributed by atoms with Gasteiger partial charge in [0, 0.05) is 35.9 Å². The van der Waals surface area contributed by atoms with E-state index < -0.39 is 23.6 Å². The maximum absolute atomic E-state index is 13.1. The van der Waals surface area contributed by atoms with Crippen LogP contribution >= 0.6 is 0 Å². The van der Waals surface area contributed by atoms with Crippen molar-refractivity contribution in [3.8, 4) is 11.1 Å². The third-order valence-corrected chi connectivity index (χ3v) is 5.78. The molecule has 9 heteroatoms. The Morgan fingerprint density at radius 3 is 2.54 bits per heavy atom. The van der Waals surface area contributed by atoms with Crippen LogP contribution in [-0.2, 0) is 14.3 Å². The summed E-state index contributed by atoms with van der Waals surface area (Å²) >= 11 is 0. The number of esters is 1. The molecule has 0 unspecified atom stereocenters. The van der Waals surface area contributed by atoms with E-state index in [0.717, 1.165) is 17.5 Å². The number of carbonyl (C=O) groups excluding carboxylic acids is 2. The van der Waals surface area contributed by atoms with E-state index in [4.69, 9.17) is 10.5 Å². The summed E-state index contributed by atoms with van der Waals surface area (Å²) in [5.74, 6) is -1.52. The highest BCUT2D eigenvalue weighted by Crippen LogP contribution is 2.32. The fraction of sp³-hybridized carbons (Fsp3) is 0.346. The van der Waals surface area contributed by atoms with Crippen molar-refractivity contribution in [3.05, 3.63) is 53.4 Å². The van der Waals surface area contributed by atoms with Crippen LogP contribution in [0.3, 0.4) is 0 Å². The highest BCUT2D eigenvalue weighted by atomic mass is 16.6. The smallest absolute Gasteiger partial charge is 0.332 e. The van der Waals surface area contributed by atoms with Crippen LogP contribution < -0.4 is 5.73 Å². The fourth-order valence-corrected chi connectivity index (χ4v) is 4.17. The number of pyridine rings is 1. The summed E-state index contributed by atoms with van der Waals surface area (Å²) in [5, 5.41) is 9.34. The second-order valence-electron chi connectivity index (χ2n) is 9.65. The molecule has 1 fully saturated rings. The van der Waals surface area contributed by atoms with Gasteiger partial charge in [-0.3, -0.25) is 9.78 Å². The summed E-state index contributed by atoms with van der Waals surface area (Å²) < 4.78 is 5.49. The van der Waals surface area contributed by atoms with E-state index in [9.17, 15) is 19.5 Å². The lowest BCUT2D eigenvalue weighted by Gasteiger charge is -2.27. The van der Waals surface area contributed by atoms with Crippen molar-refractivity contribution in [3.63, 3.8) is 0 Å². The second-order valence-corrected chi connectivity index (χ2v) is 9.65. The van der Waals surface area contributed by atoms with Crippen molar-refractivity contribution in [1.82, 2.24) is 9.88 Å². The molecule has 0 radical (unpaired) electrons. The molecule has 0 saturated carbocycles. The summed E-state index contributed by atoms with van der Waals surface area (Å²) in [6.45, 7) is 5.88. The number of amidine groups is 1. The number of hydrogen-bond acceptors (Lipinski definition) is 7. The second kappa shape index (κ2) is 9.32. The normalized spacial score (nSPS) is 17.7. The summed E-state index contributed by atoms with van der Waals surface area (Å²) in [7, 11) is 0. The molecule has 0 aliphatic carbocycles. The van der Waals surface area contributed by atoms with Gasteiger partial charge in [-0.2, -0.15) is 0 Å². The molecule has 1 aromatic carbocycles. The van der Waals surface area contributed by atoms with E-state index in [0.29, 0.717) is 24.2 Å². The minimum atomic E-state index is -1.03. The van der Waals surface area contributed by atoms with Crippen LogP contribution in [0.25, 0.3) is 17.2 Å². The predicted molar refractivity (Wildman–Crippen MR) is 131 cm³/mol. The molecular formula is C26H28N4O5. The number of carbonyl (C=O) groups is 3. The first-order chi connectivity index (χ1) is 16.5. The standard InChI is InChI=1S/C26H28N4O5/c1-26(2,3)35-25(34)21-5-4-10-30(21)23(31)19-9-8-17(14-28-19)15-6-7-16-11-18(24(32)33)13-22(27)29-20(16)12-15/h6-9,11-12,14,21H,4-5,10,13H2,1-3H3,(H2,27,29)(H,32,33)/t21-/m0/s1. The van der Waals surface area contributed by atoms with E-state index >= 15 is 0 Å². The molecule has 1 saturated heterocycles. The van der Waals surface area contributed by atoms with Crippen LogP contribution in [0.15, 0.2) is 47.1 Å². The maximum atomic E-state index is 13.1. The fourth-order valence-electron chi connectivity index (χ4n) is 4.17. The van der Waals surface area contributed by atoms with Crippen molar-refractivity contribution in [1.29, 1.82) is 0 Å². The Bertz CT molecular complexity index is 1240. The molecule has 0 spiro atoms.